The van der Waals surface area contributed by atoms with E-state index in [-0.39, 0.29) is 0 Å². The van der Waals surface area contributed by atoms with Crippen LogP contribution >= 0.6 is 23.2 Å². The van der Waals surface area contributed by atoms with Crippen molar-refractivity contribution in [1.29, 1.82) is 0 Å². The summed E-state index contributed by atoms with van der Waals surface area (Å²) in [6.07, 6.45) is -0.574. The average Bonchev–Trinajstić information content (AvgIpc) is 2.74. The molecule has 3 rings (SSSR count). The molecule has 0 fully saturated rings. The van der Waals surface area contributed by atoms with Gasteiger partial charge in [0.05, 0.1) is 18.2 Å². The zero-order valence-electron chi connectivity index (χ0n) is 16.1. The minimum absolute atomic E-state index is 0.355. The Bertz CT molecular complexity index is 917. The second-order valence-corrected chi connectivity index (χ2v) is 7.43. The number of rotatable bonds is 9. The lowest BCUT2D eigenvalue weighted by atomic mass is 10.1. The summed E-state index contributed by atoms with van der Waals surface area (Å²) in [5, 5.41) is 14.6. The topological polar surface area (TPSA) is 50.7 Å². The monoisotopic (exact) mass is 431 g/mol. The van der Waals surface area contributed by atoms with Gasteiger partial charge >= 0.3 is 0 Å². The van der Waals surface area contributed by atoms with Crippen LogP contribution in [0.4, 0.5) is 0 Å². The van der Waals surface area contributed by atoms with Gasteiger partial charge in [0.25, 0.3) is 0 Å². The summed E-state index contributed by atoms with van der Waals surface area (Å²) in [5.74, 6) is 1.06. The van der Waals surface area contributed by atoms with Crippen LogP contribution in [0.3, 0.4) is 0 Å². The summed E-state index contributed by atoms with van der Waals surface area (Å²) in [6.45, 7) is 1.32. The molecule has 0 aromatic heterocycles. The van der Waals surface area contributed by atoms with Crippen LogP contribution in [0, 0.1) is 0 Å². The van der Waals surface area contributed by atoms with Crippen LogP contribution in [0.25, 0.3) is 0 Å². The van der Waals surface area contributed by atoms with Crippen molar-refractivity contribution in [2.24, 2.45) is 0 Å². The predicted octanol–water partition coefficient (Wildman–Crippen LogP) is 5.40. The Labute approximate surface area is 181 Å². The lowest BCUT2D eigenvalue weighted by Crippen LogP contribution is -2.21. The Balaban J connectivity index is 1.60. The summed E-state index contributed by atoms with van der Waals surface area (Å²) >= 11 is 12.4. The molecule has 0 saturated carbocycles. The number of hydrogen-bond donors (Lipinski definition) is 2. The van der Waals surface area contributed by atoms with Gasteiger partial charge in [-0.3, -0.25) is 0 Å². The first kappa shape index (κ1) is 21.5. The molecule has 29 heavy (non-hydrogen) atoms. The molecule has 2 N–H and O–H groups in total. The fraction of sp³-hybridized carbons (Fsp3) is 0.217. The SMILES string of the molecule is COc1cc(CNCC(O)c2ccccc2)cc(Cl)c1OCc1ccc(Cl)cc1. The third-order valence-electron chi connectivity index (χ3n) is 4.44. The second kappa shape index (κ2) is 10.5. The van der Waals surface area contributed by atoms with Gasteiger partial charge in [-0.1, -0.05) is 65.7 Å². The zero-order chi connectivity index (χ0) is 20.6. The summed E-state index contributed by atoms with van der Waals surface area (Å²) in [5.41, 5.74) is 2.79. The summed E-state index contributed by atoms with van der Waals surface area (Å²) < 4.78 is 11.3. The van der Waals surface area contributed by atoms with Gasteiger partial charge in [-0.15, -0.1) is 0 Å². The standard InChI is InChI=1S/C23H23Cl2NO3/c1-28-22-12-17(13-26-14-21(27)18-5-3-2-4-6-18)11-20(25)23(22)29-15-16-7-9-19(24)10-8-16/h2-12,21,26-27H,13-15H2,1H3. The first-order valence-corrected chi connectivity index (χ1v) is 10.00. The normalized spacial score (nSPS) is 11.9. The molecule has 152 valence electrons. The molecule has 0 aliphatic carbocycles. The Kier molecular flexibility index (Phi) is 7.78. The molecule has 0 radical (unpaired) electrons. The Hall–Kier alpha value is -2.24. The van der Waals surface area contributed by atoms with Gasteiger partial charge in [-0.2, -0.15) is 0 Å². The zero-order valence-corrected chi connectivity index (χ0v) is 17.6. The number of aliphatic hydroxyl groups is 1. The van der Waals surface area contributed by atoms with Gasteiger partial charge in [-0.05, 0) is 41.0 Å². The minimum atomic E-state index is -0.574. The van der Waals surface area contributed by atoms with E-state index in [1.807, 2.05) is 66.7 Å². The Morgan fingerprint density at radius 1 is 0.966 bits per heavy atom. The van der Waals surface area contributed by atoms with E-state index in [0.717, 1.165) is 16.7 Å². The van der Waals surface area contributed by atoms with Crippen LogP contribution in [-0.2, 0) is 13.2 Å². The molecule has 1 atom stereocenters. The molecule has 4 nitrogen and oxygen atoms in total. The molecule has 0 spiro atoms. The van der Waals surface area contributed by atoms with Crippen molar-refractivity contribution in [3.63, 3.8) is 0 Å². The highest BCUT2D eigenvalue weighted by Gasteiger charge is 2.13. The van der Waals surface area contributed by atoms with Crippen molar-refractivity contribution >= 4 is 23.2 Å². The fourth-order valence-electron chi connectivity index (χ4n) is 2.90. The third-order valence-corrected chi connectivity index (χ3v) is 4.97. The molecule has 0 amide bonds. The molecule has 0 bridgehead atoms. The molecular formula is C23H23Cl2NO3. The second-order valence-electron chi connectivity index (χ2n) is 6.58. The highest BCUT2D eigenvalue weighted by Crippen LogP contribution is 2.37. The van der Waals surface area contributed by atoms with Crippen LogP contribution in [0.1, 0.15) is 22.8 Å². The van der Waals surface area contributed by atoms with Crippen LogP contribution in [0.5, 0.6) is 11.5 Å². The number of hydrogen-bond acceptors (Lipinski definition) is 4. The quantitative estimate of drug-likeness (QED) is 0.475. The number of benzene rings is 3. The van der Waals surface area contributed by atoms with E-state index in [1.165, 1.54) is 0 Å². The highest BCUT2D eigenvalue weighted by atomic mass is 35.5. The maximum absolute atomic E-state index is 10.3. The molecule has 0 aliphatic heterocycles. The molecule has 0 aliphatic rings. The molecule has 0 heterocycles. The number of ether oxygens (including phenoxy) is 2. The summed E-state index contributed by atoms with van der Waals surface area (Å²) in [4.78, 5) is 0. The van der Waals surface area contributed by atoms with Crippen molar-refractivity contribution < 1.29 is 14.6 Å². The van der Waals surface area contributed by atoms with Gasteiger partial charge in [0.2, 0.25) is 0 Å². The Morgan fingerprint density at radius 2 is 1.69 bits per heavy atom. The van der Waals surface area contributed by atoms with Crippen molar-refractivity contribution in [1.82, 2.24) is 5.32 Å². The van der Waals surface area contributed by atoms with Crippen molar-refractivity contribution in [3.8, 4) is 11.5 Å². The molecular weight excluding hydrogens is 409 g/mol. The maximum Gasteiger partial charge on any atom is 0.180 e. The van der Waals surface area contributed by atoms with E-state index >= 15 is 0 Å². The van der Waals surface area contributed by atoms with Gasteiger partial charge < -0.3 is 19.9 Å². The number of halogens is 2. The van der Waals surface area contributed by atoms with Crippen molar-refractivity contribution in [2.75, 3.05) is 13.7 Å². The van der Waals surface area contributed by atoms with E-state index in [0.29, 0.717) is 41.2 Å². The van der Waals surface area contributed by atoms with E-state index in [1.54, 1.807) is 7.11 Å². The van der Waals surface area contributed by atoms with E-state index < -0.39 is 6.10 Å². The third kappa shape index (κ3) is 6.12. The minimum Gasteiger partial charge on any atom is -0.493 e. The number of aliphatic hydroxyl groups excluding tert-OH is 1. The number of methoxy groups -OCH3 is 1. The van der Waals surface area contributed by atoms with E-state index in [9.17, 15) is 5.11 Å². The molecule has 6 heteroatoms. The highest BCUT2D eigenvalue weighted by molar-refractivity contribution is 6.32. The van der Waals surface area contributed by atoms with Crippen LogP contribution in [0.2, 0.25) is 10.0 Å². The molecule has 0 saturated heterocycles. The largest absolute Gasteiger partial charge is 0.493 e. The first-order chi connectivity index (χ1) is 14.1. The van der Waals surface area contributed by atoms with Gasteiger partial charge in [-0.25, -0.2) is 0 Å². The first-order valence-electron chi connectivity index (χ1n) is 9.24. The lowest BCUT2D eigenvalue weighted by Gasteiger charge is -2.16. The summed E-state index contributed by atoms with van der Waals surface area (Å²) in [7, 11) is 1.58. The van der Waals surface area contributed by atoms with Crippen molar-refractivity contribution in [3.05, 3.63) is 93.5 Å². The Morgan fingerprint density at radius 3 is 2.38 bits per heavy atom. The molecule has 3 aromatic carbocycles. The van der Waals surface area contributed by atoms with Gasteiger partial charge in [0, 0.05) is 18.1 Å². The molecule has 3 aromatic rings. The van der Waals surface area contributed by atoms with Gasteiger partial charge in [0.1, 0.15) is 6.61 Å². The van der Waals surface area contributed by atoms with Crippen LogP contribution < -0.4 is 14.8 Å². The van der Waals surface area contributed by atoms with E-state index in [2.05, 4.69) is 5.32 Å². The predicted molar refractivity (Wildman–Crippen MR) is 117 cm³/mol. The molecule has 1 unspecified atom stereocenters. The van der Waals surface area contributed by atoms with Gasteiger partial charge in [0.15, 0.2) is 11.5 Å². The fourth-order valence-corrected chi connectivity index (χ4v) is 3.31. The van der Waals surface area contributed by atoms with E-state index in [4.69, 9.17) is 32.7 Å². The smallest absolute Gasteiger partial charge is 0.180 e. The lowest BCUT2D eigenvalue weighted by molar-refractivity contribution is 0.174. The summed E-state index contributed by atoms with van der Waals surface area (Å²) in [6, 6.07) is 20.7. The number of nitrogens with one attached hydrogen (secondary N) is 1. The van der Waals surface area contributed by atoms with Crippen molar-refractivity contribution in [2.45, 2.75) is 19.3 Å². The average molecular weight is 432 g/mol. The van der Waals surface area contributed by atoms with Crippen LogP contribution in [-0.4, -0.2) is 18.8 Å². The van der Waals surface area contributed by atoms with Crippen LogP contribution in [0.15, 0.2) is 66.7 Å². The maximum atomic E-state index is 10.3.